The van der Waals surface area contributed by atoms with Crippen LogP contribution in [0.5, 0.6) is 0 Å². The summed E-state index contributed by atoms with van der Waals surface area (Å²) in [5.41, 5.74) is 0.182. The van der Waals surface area contributed by atoms with Gasteiger partial charge in [0.05, 0.1) is 5.60 Å². The predicted octanol–water partition coefficient (Wildman–Crippen LogP) is 2.85. The van der Waals surface area contributed by atoms with Crippen LogP contribution in [0.15, 0.2) is 0 Å². The Hall–Kier alpha value is -0.0800. The first kappa shape index (κ1) is 12.4. The first-order valence-corrected chi connectivity index (χ1v) is 7.11. The highest BCUT2D eigenvalue weighted by atomic mass is 16.3. The molecular weight excluding hydrogens is 198 g/mol. The van der Waals surface area contributed by atoms with Crippen LogP contribution < -0.4 is 5.32 Å². The fourth-order valence-corrected chi connectivity index (χ4v) is 3.28. The summed E-state index contributed by atoms with van der Waals surface area (Å²) in [7, 11) is 0. The zero-order valence-corrected chi connectivity index (χ0v) is 10.7. The van der Waals surface area contributed by atoms with Crippen molar-refractivity contribution in [1.82, 2.24) is 5.32 Å². The van der Waals surface area contributed by atoms with Crippen LogP contribution in [0.1, 0.15) is 64.7 Å². The molecule has 2 fully saturated rings. The second-order valence-electron chi connectivity index (χ2n) is 6.10. The third-order valence-electron chi connectivity index (χ3n) is 4.90. The molecule has 2 aliphatic rings. The van der Waals surface area contributed by atoms with Crippen LogP contribution in [-0.4, -0.2) is 23.8 Å². The van der Waals surface area contributed by atoms with Crippen molar-refractivity contribution in [3.05, 3.63) is 0 Å². The Labute approximate surface area is 99.8 Å². The molecule has 2 saturated carbocycles. The van der Waals surface area contributed by atoms with Gasteiger partial charge in [0.1, 0.15) is 0 Å². The van der Waals surface area contributed by atoms with Gasteiger partial charge < -0.3 is 10.4 Å². The molecule has 2 nitrogen and oxygen atoms in total. The van der Waals surface area contributed by atoms with E-state index in [1.807, 2.05) is 0 Å². The van der Waals surface area contributed by atoms with Gasteiger partial charge in [0.2, 0.25) is 0 Å². The minimum Gasteiger partial charge on any atom is -0.389 e. The molecule has 2 aliphatic carbocycles. The molecule has 0 saturated heterocycles. The lowest BCUT2D eigenvalue weighted by atomic mass is 9.67. The molecule has 0 radical (unpaired) electrons. The number of hydrogen-bond acceptors (Lipinski definition) is 2. The van der Waals surface area contributed by atoms with Gasteiger partial charge in [-0.15, -0.1) is 0 Å². The summed E-state index contributed by atoms with van der Waals surface area (Å²) in [4.78, 5) is 0. The van der Waals surface area contributed by atoms with Crippen molar-refractivity contribution in [1.29, 1.82) is 0 Å². The first-order chi connectivity index (χ1) is 7.68. The minimum absolute atomic E-state index is 0.392. The highest BCUT2D eigenvalue weighted by Gasteiger charge is 2.36. The van der Waals surface area contributed by atoms with Gasteiger partial charge in [-0.05, 0) is 37.5 Å². The van der Waals surface area contributed by atoms with E-state index in [-0.39, 0.29) is 0 Å². The molecule has 0 atom stereocenters. The van der Waals surface area contributed by atoms with Crippen LogP contribution in [0.4, 0.5) is 0 Å². The average molecular weight is 225 g/mol. The maximum Gasteiger partial charge on any atom is 0.0771 e. The van der Waals surface area contributed by atoms with Gasteiger partial charge >= 0.3 is 0 Å². The molecule has 0 aromatic heterocycles. The number of hydrogen-bond donors (Lipinski definition) is 2. The Bertz CT molecular complexity index is 211. The van der Waals surface area contributed by atoms with E-state index >= 15 is 0 Å². The quantitative estimate of drug-likeness (QED) is 0.754. The summed E-state index contributed by atoms with van der Waals surface area (Å²) in [6.07, 6.45) is 11.2. The van der Waals surface area contributed by atoms with Crippen LogP contribution >= 0.6 is 0 Å². The zero-order chi connectivity index (χ0) is 11.5. The SMILES string of the molecule is CCC1(CNCC2(O)CCCCC2)CCC1. The summed E-state index contributed by atoms with van der Waals surface area (Å²) in [6, 6.07) is 0. The van der Waals surface area contributed by atoms with E-state index in [9.17, 15) is 5.11 Å². The largest absolute Gasteiger partial charge is 0.389 e. The van der Waals surface area contributed by atoms with Gasteiger partial charge in [0, 0.05) is 13.1 Å². The molecule has 2 heteroatoms. The number of rotatable bonds is 5. The van der Waals surface area contributed by atoms with E-state index in [4.69, 9.17) is 0 Å². The molecule has 0 aromatic carbocycles. The van der Waals surface area contributed by atoms with Crippen molar-refractivity contribution in [2.75, 3.05) is 13.1 Å². The summed E-state index contributed by atoms with van der Waals surface area (Å²) in [5.74, 6) is 0. The van der Waals surface area contributed by atoms with Gasteiger partial charge in [-0.1, -0.05) is 32.6 Å². The standard InChI is InChI=1S/C14H27NO/c1-2-13(7-6-8-13)11-15-12-14(16)9-4-3-5-10-14/h15-16H,2-12H2,1H3. The van der Waals surface area contributed by atoms with Crippen LogP contribution in [0, 0.1) is 5.41 Å². The van der Waals surface area contributed by atoms with E-state index in [0.717, 1.165) is 25.9 Å². The third kappa shape index (κ3) is 2.78. The van der Waals surface area contributed by atoms with Crippen molar-refractivity contribution in [2.24, 2.45) is 5.41 Å². The van der Waals surface area contributed by atoms with Crippen molar-refractivity contribution in [3.8, 4) is 0 Å². The van der Waals surface area contributed by atoms with Crippen molar-refractivity contribution in [3.63, 3.8) is 0 Å². The van der Waals surface area contributed by atoms with Gasteiger partial charge in [-0.25, -0.2) is 0 Å². The molecule has 0 aromatic rings. The fraction of sp³-hybridized carbons (Fsp3) is 1.00. The second kappa shape index (κ2) is 5.05. The van der Waals surface area contributed by atoms with Crippen LogP contribution in [0.25, 0.3) is 0 Å². The highest BCUT2D eigenvalue weighted by Crippen LogP contribution is 2.43. The van der Waals surface area contributed by atoms with Crippen LogP contribution in [0.3, 0.4) is 0 Å². The summed E-state index contributed by atoms with van der Waals surface area (Å²) < 4.78 is 0. The topological polar surface area (TPSA) is 32.3 Å². The molecule has 0 unspecified atom stereocenters. The maximum atomic E-state index is 10.4. The molecule has 0 heterocycles. The smallest absolute Gasteiger partial charge is 0.0771 e. The van der Waals surface area contributed by atoms with Gasteiger partial charge in [-0.3, -0.25) is 0 Å². The Balaban J connectivity index is 1.70. The average Bonchev–Trinajstić information content (AvgIpc) is 2.23. The summed E-state index contributed by atoms with van der Waals surface area (Å²) >= 11 is 0. The zero-order valence-electron chi connectivity index (χ0n) is 10.7. The van der Waals surface area contributed by atoms with Crippen molar-refractivity contribution in [2.45, 2.75) is 70.3 Å². The van der Waals surface area contributed by atoms with E-state index in [2.05, 4.69) is 12.2 Å². The van der Waals surface area contributed by atoms with E-state index in [1.54, 1.807) is 0 Å². The van der Waals surface area contributed by atoms with Crippen LogP contribution in [-0.2, 0) is 0 Å². The predicted molar refractivity (Wildman–Crippen MR) is 67.5 cm³/mol. The first-order valence-electron chi connectivity index (χ1n) is 7.11. The molecule has 94 valence electrons. The van der Waals surface area contributed by atoms with Crippen LogP contribution in [0.2, 0.25) is 0 Å². The maximum absolute atomic E-state index is 10.4. The van der Waals surface area contributed by atoms with Gasteiger partial charge in [-0.2, -0.15) is 0 Å². The Morgan fingerprint density at radius 3 is 2.12 bits per heavy atom. The molecular formula is C14H27NO. The van der Waals surface area contributed by atoms with Gasteiger partial charge in [0.15, 0.2) is 0 Å². The highest BCUT2D eigenvalue weighted by molar-refractivity contribution is 4.90. The van der Waals surface area contributed by atoms with Crippen molar-refractivity contribution >= 4 is 0 Å². The third-order valence-corrected chi connectivity index (χ3v) is 4.90. The van der Waals surface area contributed by atoms with E-state index in [1.165, 1.54) is 44.9 Å². The molecule has 2 N–H and O–H groups in total. The molecule has 0 amide bonds. The minimum atomic E-state index is -0.392. The monoisotopic (exact) mass is 225 g/mol. The normalized spacial score (nSPS) is 27.4. The lowest BCUT2D eigenvalue weighted by molar-refractivity contribution is -0.000335. The molecule has 0 spiro atoms. The lowest BCUT2D eigenvalue weighted by Crippen LogP contribution is -2.47. The lowest BCUT2D eigenvalue weighted by Gasteiger charge is -2.42. The number of aliphatic hydroxyl groups is 1. The van der Waals surface area contributed by atoms with E-state index in [0.29, 0.717) is 5.41 Å². The second-order valence-corrected chi connectivity index (χ2v) is 6.10. The Morgan fingerprint density at radius 2 is 1.62 bits per heavy atom. The number of nitrogens with one attached hydrogen (secondary N) is 1. The molecule has 16 heavy (non-hydrogen) atoms. The van der Waals surface area contributed by atoms with E-state index < -0.39 is 5.60 Å². The van der Waals surface area contributed by atoms with Crippen molar-refractivity contribution < 1.29 is 5.11 Å². The Kier molecular flexibility index (Phi) is 3.91. The van der Waals surface area contributed by atoms with Gasteiger partial charge in [0.25, 0.3) is 0 Å². The summed E-state index contributed by atoms with van der Waals surface area (Å²) in [5, 5.41) is 13.9. The Morgan fingerprint density at radius 1 is 0.938 bits per heavy atom. The summed E-state index contributed by atoms with van der Waals surface area (Å²) in [6.45, 7) is 4.23. The molecule has 0 aliphatic heterocycles. The molecule has 2 rings (SSSR count). The molecule has 0 bridgehead atoms. The fourth-order valence-electron chi connectivity index (χ4n) is 3.28.